The second kappa shape index (κ2) is 8.25. The third-order valence-electron chi connectivity index (χ3n) is 2.81. The zero-order valence-corrected chi connectivity index (χ0v) is 14.7. The van der Waals surface area contributed by atoms with Gasteiger partial charge in [0.1, 0.15) is 5.75 Å². The molecule has 108 valence electrons. The number of aliphatic hydroxyl groups excluding tert-OH is 1. The largest absolute Gasteiger partial charge is 0.492 e. The molecule has 1 unspecified atom stereocenters. The fraction of sp³-hybridized carbons (Fsp3) is 0.571. The van der Waals surface area contributed by atoms with Crippen molar-refractivity contribution in [1.29, 1.82) is 0 Å². The molecule has 0 amide bonds. The van der Waals surface area contributed by atoms with E-state index in [1.54, 1.807) is 0 Å². The van der Waals surface area contributed by atoms with Crippen molar-refractivity contribution >= 4 is 31.9 Å². The van der Waals surface area contributed by atoms with Gasteiger partial charge in [0.25, 0.3) is 0 Å². The van der Waals surface area contributed by atoms with Crippen LogP contribution in [0, 0.1) is 5.92 Å². The molecule has 0 aliphatic carbocycles. The quantitative estimate of drug-likeness (QED) is 0.740. The molecule has 0 radical (unpaired) electrons. The van der Waals surface area contributed by atoms with Gasteiger partial charge in [-0.15, -0.1) is 0 Å². The molecule has 0 aliphatic heterocycles. The first-order valence-corrected chi connectivity index (χ1v) is 8.03. The van der Waals surface area contributed by atoms with Crippen LogP contribution < -0.4 is 10.1 Å². The Morgan fingerprint density at radius 1 is 1.32 bits per heavy atom. The van der Waals surface area contributed by atoms with Gasteiger partial charge in [0, 0.05) is 23.1 Å². The van der Waals surface area contributed by atoms with Crippen molar-refractivity contribution in [3.63, 3.8) is 0 Å². The van der Waals surface area contributed by atoms with Crippen molar-refractivity contribution in [2.75, 3.05) is 13.2 Å². The molecular formula is C14H21Br2NO2. The summed E-state index contributed by atoms with van der Waals surface area (Å²) in [5.74, 6) is 1.12. The van der Waals surface area contributed by atoms with Crippen molar-refractivity contribution < 1.29 is 9.84 Å². The lowest BCUT2D eigenvalue weighted by molar-refractivity contribution is 0.123. The number of aliphatic hydroxyl groups is 1. The third kappa shape index (κ3) is 5.42. The van der Waals surface area contributed by atoms with Gasteiger partial charge in [-0.05, 0) is 40.9 Å². The van der Waals surface area contributed by atoms with Crippen molar-refractivity contribution in [1.82, 2.24) is 5.32 Å². The smallest absolute Gasteiger partial charge is 0.138 e. The Balaban J connectivity index is 2.71. The first-order valence-electron chi connectivity index (χ1n) is 6.45. The van der Waals surface area contributed by atoms with Crippen molar-refractivity contribution in [3.8, 4) is 5.75 Å². The Morgan fingerprint density at radius 3 is 2.58 bits per heavy atom. The summed E-state index contributed by atoms with van der Waals surface area (Å²) in [5, 5.41) is 13.0. The third-order valence-corrected chi connectivity index (χ3v) is 3.86. The molecule has 0 bridgehead atoms. The number of benzene rings is 1. The minimum absolute atomic E-state index is 0.258. The van der Waals surface area contributed by atoms with Gasteiger partial charge in [-0.1, -0.05) is 29.8 Å². The summed E-state index contributed by atoms with van der Waals surface area (Å²) in [6.45, 7) is 7.85. The van der Waals surface area contributed by atoms with E-state index in [0.29, 0.717) is 19.7 Å². The van der Waals surface area contributed by atoms with Crippen molar-refractivity contribution in [3.05, 3.63) is 26.6 Å². The van der Waals surface area contributed by atoms with E-state index in [2.05, 4.69) is 37.2 Å². The molecule has 0 aromatic heterocycles. The monoisotopic (exact) mass is 393 g/mol. The van der Waals surface area contributed by atoms with Gasteiger partial charge in [-0.3, -0.25) is 0 Å². The van der Waals surface area contributed by atoms with Crippen LogP contribution in [-0.4, -0.2) is 24.4 Å². The molecule has 2 N–H and O–H groups in total. The Morgan fingerprint density at radius 2 is 2.00 bits per heavy atom. The number of halogens is 2. The fourth-order valence-electron chi connectivity index (χ4n) is 1.64. The summed E-state index contributed by atoms with van der Waals surface area (Å²) in [7, 11) is 0. The lowest BCUT2D eigenvalue weighted by Gasteiger charge is -2.17. The Hall–Kier alpha value is -0.100. The highest BCUT2D eigenvalue weighted by atomic mass is 79.9. The van der Waals surface area contributed by atoms with Gasteiger partial charge in [-0.25, -0.2) is 0 Å². The molecule has 1 atom stereocenters. The zero-order chi connectivity index (χ0) is 14.4. The van der Waals surface area contributed by atoms with E-state index < -0.39 is 0 Å². The molecule has 1 rings (SSSR count). The highest BCUT2D eigenvalue weighted by Gasteiger charge is 2.12. The number of rotatable bonds is 7. The molecule has 0 saturated heterocycles. The van der Waals surface area contributed by atoms with Gasteiger partial charge in [0.2, 0.25) is 0 Å². The minimum atomic E-state index is -0.328. The van der Waals surface area contributed by atoms with Crippen LogP contribution in [0.25, 0.3) is 0 Å². The van der Waals surface area contributed by atoms with Crippen LogP contribution >= 0.6 is 31.9 Å². The van der Waals surface area contributed by atoms with E-state index >= 15 is 0 Å². The van der Waals surface area contributed by atoms with Crippen LogP contribution in [0.3, 0.4) is 0 Å². The molecule has 0 heterocycles. The van der Waals surface area contributed by atoms with Crippen LogP contribution in [0.1, 0.15) is 26.3 Å². The van der Waals surface area contributed by atoms with Gasteiger partial charge >= 0.3 is 0 Å². The first kappa shape index (κ1) is 17.0. The fourth-order valence-corrected chi connectivity index (χ4v) is 3.07. The number of hydrogen-bond acceptors (Lipinski definition) is 3. The van der Waals surface area contributed by atoms with Crippen LogP contribution in [0.4, 0.5) is 0 Å². The molecule has 19 heavy (non-hydrogen) atoms. The molecular weight excluding hydrogens is 374 g/mol. The Bertz CT molecular complexity index is 411. The molecule has 0 saturated carbocycles. The summed E-state index contributed by atoms with van der Waals surface area (Å²) in [6, 6.07) is 4.00. The van der Waals surface area contributed by atoms with Gasteiger partial charge in [0.05, 0.1) is 17.2 Å². The highest BCUT2D eigenvalue weighted by molar-refractivity contribution is 9.11. The standard InChI is InChI=1S/C14H21Br2NO2/c1-4-19-14-10(5-11(15)6-12(14)16)7-17-8-13(18)9(2)3/h5-6,9,13,17-18H,4,7-8H2,1-3H3. The molecule has 1 aromatic carbocycles. The molecule has 0 fully saturated rings. The molecule has 5 heteroatoms. The maximum atomic E-state index is 9.77. The van der Waals surface area contributed by atoms with Crippen LogP contribution in [-0.2, 0) is 6.54 Å². The van der Waals surface area contributed by atoms with E-state index in [9.17, 15) is 5.11 Å². The lowest BCUT2D eigenvalue weighted by atomic mass is 10.1. The van der Waals surface area contributed by atoms with Crippen LogP contribution in [0.5, 0.6) is 5.75 Å². The van der Waals surface area contributed by atoms with E-state index in [1.165, 1.54) is 0 Å². The second-order valence-electron chi connectivity index (χ2n) is 4.75. The molecule has 0 aliphatic rings. The van der Waals surface area contributed by atoms with E-state index in [1.807, 2.05) is 32.9 Å². The van der Waals surface area contributed by atoms with E-state index in [0.717, 1.165) is 20.3 Å². The van der Waals surface area contributed by atoms with E-state index in [-0.39, 0.29) is 12.0 Å². The SMILES string of the molecule is CCOc1c(Br)cc(Br)cc1CNCC(O)C(C)C. The molecule has 3 nitrogen and oxygen atoms in total. The number of hydrogen-bond donors (Lipinski definition) is 2. The van der Waals surface area contributed by atoms with E-state index in [4.69, 9.17) is 4.74 Å². The summed E-state index contributed by atoms with van der Waals surface area (Å²) in [5.41, 5.74) is 1.07. The average molecular weight is 395 g/mol. The van der Waals surface area contributed by atoms with Crippen molar-refractivity contribution in [2.45, 2.75) is 33.4 Å². The summed E-state index contributed by atoms with van der Waals surface area (Å²) < 4.78 is 7.60. The average Bonchev–Trinajstić information content (AvgIpc) is 2.33. The van der Waals surface area contributed by atoms with Gasteiger partial charge in [-0.2, -0.15) is 0 Å². The highest BCUT2D eigenvalue weighted by Crippen LogP contribution is 2.32. The van der Waals surface area contributed by atoms with Crippen LogP contribution in [0.15, 0.2) is 21.1 Å². The van der Waals surface area contributed by atoms with Crippen LogP contribution in [0.2, 0.25) is 0 Å². The molecule has 0 spiro atoms. The predicted molar refractivity (Wildman–Crippen MR) is 85.6 cm³/mol. The first-order chi connectivity index (χ1) is 8.95. The Labute approximate surface area is 132 Å². The number of nitrogens with one attached hydrogen (secondary N) is 1. The summed E-state index contributed by atoms with van der Waals surface area (Å²) in [6.07, 6.45) is -0.328. The number of ether oxygens (including phenoxy) is 1. The Kier molecular flexibility index (Phi) is 7.36. The predicted octanol–water partition coefficient (Wildman–Crippen LogP) is 3.72. The maximum absolute atomic E-state index is 9.77. The molecule has 1 aromatic rings. The second-order valence-corrected chi connectivity index (χ2v) is 6.52. The minimum Gasteiger partial charge on any atom is -0.492 e. The van der Waals surface area contributed by atoms with Crippen molar-refractivity contribution in [2.24, 2.45) is 5.92 Å². The summed E-state index contributed by atoms with van der Waals surface area (Å²) >= 11 is 6.99. The zero-order valence-electron chi connectivity index (χ0n) is 11.5. The van der Waals surface area contributed by atoms with Gasteiger partial charge < -0.3 is 15.2 Å². The summed E-state index contributed by atoms with van der Waals surface area (Å²) in [4.78, 5) is 0. The lowest BCUT2D eigenvalue weighted by Crippen LogP contribution is -2.30. The normalized spacial score (nSPS) is 12.8. The maximum Gasteiger partial charge on any atom is 0.138 e. The van der Waals surface area contributed by atoms with Gasteiger partial charge in [0.15, 0.2) is 0 Å². The topological polar surface area (TPSA) is 41.5 Å².